The van der Waals surface area contributed by atoms with Gasteiger partial charge >= 0.3 is 0 Å². The molecule has 1 unspecified atom stereocenters. The third-order valence-electron chi connectivity index (χ3n) is 2.92. The number of aromatic nitrogens is 1. The largest absolute Gasteiger partial charge is 0.349 e. The highest BCUT2D eigenvalue weighted by atomic mass is 19.1. The summed E-state index contributed by atoms with van der Waals surface area (Å²) in [6.07, 6.45) is 1.33. The Labute approximate surface area is 106 Å². The van der Waals surface area contributed by atoms with Crippen LogP contribution in [0.5, 0.6) is 0 Å². The van der Waals surface area contributed by atoms with Crippen LogP contribution in [0.15, 0.2) is 12.3 Å². The van der Waals surface area contributed by atoms with Gasteiger partial charge in [-0.05, 0) is 18.4 Å². The van der Waals surface area contributed by atoms with Gasteiger partial charge in [0.25, 0.3) is 5.91 Å². The molecule has 1 atom stereocenters. The summed E-state index contributed by atoms with van der Waals surface area (Å²) < 4.78 is 13.8. The van der Waals surface area contributed by atoms with Gasteiger partial charge in [-0.15, -0.1) is 0 Å². The number of carbonyl (C=O) groups excluding carboxylic acids is 1. The average molecular weight is 254 g/mol. The van der Waals surface area contributed by atoms with Gasteiger partial charge in [0.15, 0.2) is 11.6 Å². The summed E-state index contributed by atoms with van der Waals surface area (Å²) in [4.78, 5) is 15.6. The van der Waals surface area contributed by atoms with Crippen molar-refractivity contribution >= 4 is 11.7 Å². The Bertz CT molecular complexity index is 442. The summed E-state index contributed by atoms with van der Waals surface area (Å²) >= 11 is 0. The van der Waals surface area contributed by atoms with Crippen molar-refractivity contribution in [3.8, 4) is 0 Å². The fraction of sp³-hybridized carbons (Fsp3) is 0.500. The number of nitrogens with one attached hydrogen (secondary N) is 2. The topological polar surface area (TPSA) is 80.0 Å². The van der Waals surface area contributed by atoms with Crippen LogP contribution in [0, 0.1) is 11.2 Å². The maximum atomic E-state index is 13.8. The van der Waals surface area contributed by atoms with E-state index < -0.39 is 11.7 Å². The van der Waals surface area contributed by atoms with Crippen LogP contribution in [-0.4, -0.2) is 16.9 Å². The minimum absolute atomic E-state index is 0.0750. The van der Waals surface area contributed by atoms with Gasteiger partial charge in [-0.25, -0.2) is 15.2 Å². The number of hydrazine groups is 1. The molecule has 1 aromatic rings. The summed E-state index contributed by atoms with van der Waals surface area (Å²) in [6, 6.07) is 1.23. The summed E-state index contributed by atoms with van der Waals surface area (Å²) in [5.41, 5.74) is 1.93. The third-order valence-corrected chi connectivity index (χ3v) is 2.92. The molecule has 6 heteroatoms. The highest BCUT2D eigenvalue weighted by Crippen LogP contribution is 2.20. The van der Waals surface area contributed by atoms with Crippen molar-refractivity contribution < 1.29 is 9.18 Å². The van der Waals surface area contributed by atoms with Gasteiger partial charge in [0.1, 0.15) is 0 Å². The highest BCUT2D eigenvalue weighted by Gasteiger charge is 2.24. The number of nitrogens with two attached hydrogens (primary N) is 1. The molecule has 0 aliphatic rings. The minimum atomic E-state index is -0.751. The number of carbonyl (C=O) groups is 1. The second-order valence-corrected chi connectivity index (χ2v) is 5.23. The minimum Gasteiger partial charge on any atom is -0.349 e. The van der Waals surface area contributed by atoms with E-state index in [1.54, 1.807) is 0 Å². The van der Waals surface area contributed by atoms with E-state index in [2.05, 4.69) is 15.7 Å². The zero-order valence-electron chi connectivity index (χ0n) is 11.0. The normalized spacial score (nSPS) is 13.0. The first-order chi connectivity index (χ1) is 8.27. The SMILES string of the molecule is CC(NC(=O)c1ccnc(NN)c1F)C(C)(C)C. The Kier molecular flexibility index (Phi) is 4.24. The molecule has 0 aliphatic carbocycles. The van der Waals surface area contributed by atoms with E-state index in [-0.39, 0.29) is 22.8 Å². The Hall–Kier alpha value is -1.69. The second-order valence-electron chi connectivity index (χ2n) is 5.23. The van der Waals surface area contributed by atoms with E-state index in [0.717, 1.165) is 0 Å². The Morgan fingerprint density at radius 3 is 2.61 bits per heavy atom. The van der Waals surface area contributed by atoms with E-state index in [0.29, 0.717) is 0 Å². The lowest BCUT2D eigenvalue weighted by Gasteiger charge is -2.28. The molecule has 100 valence electrons. The number of rotatable bonds is 3. The molecule has 1 aromatic heterocycles. The molecule has 0 spiro atoms. The van der Waals surface area contributed by atoms with E-state index in [4.69, 9.17) is 5.84 Å². The first kappa shape index (κ1) is 14.4. The number of hydrogen-bond acceptors (Lipinski definition) is 4. The lowest BCUT2D eigenvalue weighted by molar-refractivity contribution is 0.0906. The Balaban J connectivity index is 2.92. The van der Waals surface area contributed by atoms with E-state index in [1.165, 1.54) is 12.3 Å². The van der Waals surface area contributed by atoms with Crippen LogP contribution in [0.2, 0.25) is 0 Å². The maximum absolute atomic E-state index is 13.8. The number of nitrogens with zero attached hydrogens (tertiary/aromatic N) is 1. The van der Waals surface area contributed by atoms with Gasteiger partial charge < -0.3 is 10.7 Å². The molecule has 0 radical (unpaired) electrons. The zero-order valence-corrected chi connectivity index (χ0v) is 11.0. The number of anilines is 1. The molecule has 18 heavy (non-hydrogen) atoms. The van der Waals surface area contributed by atoms with Crippen molar-refractivity contribution in [2.45, 2.75) is 33.7 Å². The van der Waals surface area contributed by atoms with Crippen molar-refractivity contribution in [3.63, 3.8) is 0 Å². The Morgan fingerprint density at radius 1 is 1.50 bits per heavy atom. The van der Waals surface area contributed by atoms with Crippen LogP contribution in [-0.2, 0) is 0 Å². The van der Waals surface area contributed by atoms with Crippen LogP contribution in [0.1, 0.15) is 38.1 Å². The van der Waals surface area contributed by atoms with Crippen LogP contribution < -0.4 is 16.6 Å². The van der Waals surface area contributed by atoms with Crippen LogP contribution in [0.3, 0.4) is 0 Å². The highest BCUT2D eigenvalue weighted by molar-refractivity contribution is 5.95. The van der Waals surface area contributed by atoms with Crippen molar-refractivity contribution in [3.05, 3.63) is 23.6 Å². The number of pyridine rings is 1. The fourth-order valence-electron chi connectivity index (χ4n) is 1.21. The molecule has 0 saturated heterocycles. The van der Waals surface area contributed by atoms with Gasteiger partial charge in [-0.2, -0.15) is 0 Å². The van der Waals surface area contributed by atoms with Crippen molar-refractivity contribution in [2.24, 2.45) is 11.3 Å². The molecule has 0 saturated carbocycles. The van der Waals surface area contributed by atoms with Gasteiger partial charge in [-0.1, -0.05) is 20.8 Å². The summed E-state index contributed by atoms with van der Waals surface area (Å²) in [5.74, 6) is 3.73. The number of hydrogen-bond donors (Lipinski definition) is 3. The predicted octanol–water partition coefficient (Wildman–Crippen LogP) is 1.67. The Morgan fingerprint density at radius 2 is 2.11 bits per heavy atom. The zero-order chi connectivity index (χ0) is 13.9. The monoisotopic (exact) mass is 254 g/mol. The maximum Gasteiger partial charge on any atom is 0.254 e. The second kappa shape index (κ2) is 5.30. The van der Waals surface area contributed by atoms with Crippen LogP contribution in [0.4, 0.5) is 10.2 Å². The fourth-order valence-corrected chi connectivity index (χ4v) is 1.21. The quantitative estimate of drug-likeness (QED) is 0.566. The molecule has 0 fully saturated rings. The third kappa shape index (κ3) is 3.16. The van der Waals surface area contributed by atoms with E-state index >= 15 is 0 Å². The number of amides is 1. The van der Waals surface area contributed by atoms with Crippen LogP contribution in [0.25, 0.3) is 0 Å². The van der Waals surface area contributed by atoms with Gasteiger partial charge in [0.05, 0.1) is 5.56 Å². The summed E-state index contributed by atoms with van der Waals surface area (Å²) in [7, 11) is 0. The molecule has 1 rings (SSSR count). The van der Waals surface area contributed by atoms with E-state index in [1.807, 2.05) is 27.7 Å². The first-order valence-corrected chi connectivity index (χ1v) is 5.69. The predicted molar refractivity (Wildman–Crippen MR) is 68.4 cm³/mol. The standard InChI is InChI=1S/C12H19FN4O/c1-7(12(2,3)4)16-11(18)8-5-6-15-10(17-14)9(8)13/h5-7H,14H2,1-4H3,(H,15,17)(H,16,18). The van der Waals surface area contributed by atoms with Gasteiger partial charge in [-0.3, -0.25) is 4.79 Å². The molecular formula is C12H19FN4O. The van der Waals surface area contributed by atoms with Crippen LogP contribution >= 0.6 is 0 Å². The van der Waals surface area contributed by atoms with Crippen molar-refractivity contribution in [1.82, 2.24) is 10.3 Å². The molecule has 1 heterocycles. The smallest absolute Gasteiger partial charge is 0.254 e. The molecule has 5 nitrogen and oxygen atoms in total. The molecule has 0 bridgehead atoms. The summed E-state index contributed by atoms with van der Waals surface area (Å²) in [6.45, 7) is 7.86. The lowest BCUT2D eigenvalue weighted by Crippen LogP contribution is -2.41. The number of halogens is 1. The van der Waals surface area contributed by atoms with Gasteiger partial charge in [0.2, 0.25) is 0 Å². The van der Waals surface area contributed by atoms with E-state index in [9.17, 15) is 9.18 Å². The van der Waals surface area contributed by atoms with Crippen molar-refractivity contribution in [1.29, 1.82) is 0 Å². The number of nitrogen functional groups attached to an aromatic ring is 1. The first-order valence-electron chi connectivity index (χ1n) is 5.69. The molecule has 4 N–H and O–H groups in total. The molecule has 0 aliphatic heterocycles. The lowest BCUT2D eigenvalue weighted by atomic mass is 9.88. The molecule has 0 aromatic carbocycles. The molecular weight excluding hydrogens is 235 g/mol. The molecule has 1 amide bonds. The average Bonchev–Trinajstić information content (AvgIpc) is 2.27. The van der Waals surface area contributed by atoms with Gasteiger partial charge in [0, 0.05) is 12.2 Å². The summed E-state index contributed by atoms with van der Waals surface area (Å²) in [5, 5.41) is 2.75. The van der Waals surface area contributed by atoms with Crippen molar-refractivity contribution in [2.75, 3.05) is 5.43 Å².